The van der Waals surface area contributed by atoms with Crippen molar-refractivity contribution in [2.45, 2.75) is 136 Å². The summed E-state index contributed by atoms with van der Waals surface area (Å²) >= 11 is 0. The van der Waals surface area contributed by atoms with Gasteiger partial charge in [0.15, 0.2) is 0 Å². The molecule has 1 aromatic carbocycles. The molecule has 0 aromatic heterocycles. The molecule has 0 amide bonds. The average Bonchev–Trinajstić information content (AvgIpc) is 2.78. The van der Waals surface area contributed by atoms with Crippen LogP contribution in [0.15, 0.2) is 42.6 Å². The van der Waals surface area contributed by atoms with Gasteiger partial charge in [-0.25, -0.2) is 0 Å². The molecule has 0 saturated heterocycles. The van der Waals surface area contributed by atoms with Gasteiger partial charge in [-0.15, -0.1) is 0 Å². The maximum atomic E-state index is 10.2. The predicted molar refractivity (Wildman–Crippen MR) is 148 cm³/mol. The van der Waals surface area contributed by atoms with Crippen LogP contribution in [-0.4, -0.2) is 40.0 Å². The number of allylic oxidation sites excluding steroid dienone is 1. The second-order valence-electron chi connectivity index (χ2n) is 10.7. The number of aliphatic hydroxyl groups excluding tert-OH is 2. The average molecular weight is 510 g/mol. The van der Waals surface area contributed by atoms with Gasteiger partial charge in [0.05, 0.1) is 6.20 Å². The molecule has 0 bridgehead atoms. The number of benzene rings is 1. The fraction of sp³-hybridized carbons (Fsp3) is 0.742. The van der Waals surface area contributed by atoms with Crippen LogP contribution in [-0.2, 0) is 6.54 Å². The van der Waals surface area contributed by atoms with Gasteiger partial charge < -0.3 is 22.6 Å². The van der Waals surface area contributed by atoms with Gasteiger partial charge in [-0.1, -0.05) is 121 Å². The summed E-state index contributed by atoms with van der Waals surface area (Å²) < 4.78 is 0.595. The Balaban J connectivity index is 0.0000116. The van der Waals surface area contributed by atoms with Gasteiger partial charge in [0.1, 0.15) is 31.8 Å². The Kier molecular flexibility index (Phi) is 21.8. The van der Waals surface area contributed by atoms with Crippen molar-refractivity contribution in [2.75, 3.05) is 13.1 Å². The van der Waals surface area contributed by atoms with E-state index >= 15 is 0 Å². The van der Waals surface area contributed by atoms with Crippen molar-refractivity contribution < 1.29 is 27.1 Å². The first kappa shape index (κ1) is 34.1. The lowest BCUT2D eigenvalue weighted by atomic mass is 10.0. The summed E-state index contributed by atoms with van der Waals surface area (Å²) in [5, 5.41) is 20.4. The fourth-order valence-corrected chi connectivity index (χ4v) is 5.13. The standard InChI is InChI=1S/C31H56NO2.ClH/c1-4-5-6-7-8-9-10-11-12-13-14-15-16-17-18-22-25-32(26-29(2)33,27-30(3)34)28-31-23-20-19-21-24-31;/h19-25,29-30,33-34H,4-18,26-28H2,1-3H3;1H/q+1;/p-1. The van der Waals surface area contributed by atoms with Crippen molar-refractivity contribution in [3.05, 3.63) is 48.2 Å². The number of hydrogen-bond donors (Lipinski definition) is 2. The van der Waals surface area contributed by atoms with E-state index in [1.165, 1.54) is 95.5 Å². The zero-order valence-electron chi connectivity index (χ0n) is 23.1. The molecule has 0 aliphatic carbocycles. The molecule has 0 aliphatic rings. The predicted octanol–water partition coefficient (Wildman–Crippen LogP) is 5.15. The molecule has 4 heteroatoms. The Morgan fingerprint density at radius 3 is 1.54 bits per heavy atom. The van der Waals surface area contributed by atoms with Crippen LogP contribution in [0.2, 0.25) is 0 Å². The first-order valence-electron chi connectivity index (χ1n) is 14.4. The molecule has 0 spiro atoms. The summed E-state index contributed by atoms with van der Waals surface area (Å²) in [6, 6.07) is 10.4. The third-order valence-corrected chi connectivity index (χ3v) is 6.74. The highest BCUT2D eigenvalue weighted by molar-refractivity contribution is 5.13. The van der Waals surface area contributed by atoms with Gasteiger partial charge >= 0.3 is 0 Å². The van der Waals surface area contributed by atoms with E-state index in [2.05, 4.69) is 43.5 Å². The third kappa shape index (κ3) is 19.0. The number of aliphatic hydroxyl groups is 2. The van der Waals surface area contributed by atoms with E-state index in [4.69, 9.17) is 0 Å². The van der Waals surface area contributed by atoms with E-state index in [1.54, 1.807) is 0 Å². The Bertz CT molecular complexity index is 593. The van der Waals surface area contributed by atoms with Crippen molar-refractivity contribution >= 4 is 0 Å². The van der Waals surface area contributed by atoms with E-state index in [1.807, 2.05) is 19.9 Å². The number of unbranched alkanes of at least 4 members (excludes halogenated alkanes) is 14. The summed E-state index contributed by atoms with van der Waals surface area (Å²) in [5.41, 5.74) is 1.24. The monoisotopic (exact) mass is 509 g/mol. The van der Waals surface area contributed by atoms with Crippen molar-refractivity contribution in [2.24, 2.45) is 0 Å². The summed E-state index contributed by atoms with van der Waals surface area (Å²) in [5.74, 6) is 0. The maximum Gasteiger partial charge on any atom is 0.109 e. The van der Waals surface area contributed by atoms with E-state index in [0.29, 0.717) is 17.6 Å². The summed E-state index contributed by atoms with van der Waals surface area (Å²) in [4.78, 5) is 0. The lowest BCUT2D eigenvalue weighted by molar-refractivity contribution is -0.898. The zero-order chi connectivity index (χ0) is 24.9. The van der Waals surface area contributed by atoms with Crippen molar-refractivity contribution in [3.8, 4) is 0 Å². The molecule has 0 radical (unpaired) electrons. The number of hydrogen-bond acceptors (Lipinski definition) is 2. The van der Waals surface area contributed by atoms with Gasteiger partial charge in [-0.2, -0.15) is 0 Å². The van der Waals surface area contributed by atoms with E-state index in [9.17, 15) is 10.2 Å². The molecular weight excluding hydrogens is 454 g/mol. The molecular formula is C31H56ClNO2. The summed E-state index contributed by atoms with van der Waals surface area (Å²) in [7, 11) is 0. The fourth-order valence-electron chi connectivity index (χ4n) is 5.13. The van der Waals surface area contributed by atoms with E-state index < -0.39 is 12.2 Å². The van der Waals surface area contributed by atoms with Crippen LogP contribution in [0.3, 0.4) is 0 Å². The molecule has 0 fully saturated rings. The number of quaternary nitrogens is 1. The van der Waals surface area contributed by atoms with Crippen molar-refractivity contribution in [3.63, 3.8) is 0 Å². The first-order chi connectivity index (χ1) is 16.5. The number of halogens is 1. The highest BCUT2D eigenvalue weighted by atomic mass is 35.5. The van der Waals surface area contributed by atoms with Gasteiger partial charge in [-0.05, 0) is 32.8 Å². The van der Waals surface area contributed by atoms with Crippen LogP contribution in [0.1, 0.15) is 123 Å². The highest BCUT2D eigenvalue weighted by Crippen LogP contribution is 2.20. The minimum Gasteiger partial charge on any atom is -1.00 e. The molecule has 2 atom stereocenters. The molecule has 0 aliphatic heterocycles. The van der Waals surface area contributed by atoms with Gasteiger partial charge in [0, 0.05) is 5.56 Å². The lowest BCUT2D eigenvalue weighted by Crippen LogP contribution is -3.00. The normalized spacial score (nSPS) is 15.0. The molecule has 3 nitrogen and oxygen atoms in total. The van der Waals surface area contributed by atoms with Crippen LogP contribution in [0.5, 0.6) is 0 Å². The van der Waals surface area contributed by atoms with Gasteiger partial charge in [-0.3, -0.25) is 4.48 Å². The quantitative estimate of drug-likeness (QED) is 0.167. The Labute approximate surface area is 224 Å². The second-order valence-corrected chi connectivity index (χ2v) is 10.7. The van der Waals surface area contributed by atoms with Gasteiger partial charge in [0.25, 0.3) is 0 Å². The minimum absolute atomic E-state index is 0. The van der Waals surface area contributed by atoms with Crippen LogP contribution in [0.25, 0.3) is 0 Å². The molecule has 2 N–H and O–H groups in total. The first-order valence-corrected chi connectivity index (χ1v) is 14.4. The van der Waals surface area contributed by atoms with E-state index in [-0.39, 0.29) is 12.4 Å². The highest BCUT2D eigenvalue weighted by Gasteiger charge is 2.29. The Hall–Kier alpha value is -0.870. The zero-order valence-corrected chi connectivity index (χ0v) is 23.9. The van der Waals surface area contributed by atoms with Crippen LogP contribution >= 0.6 is 0 Å². The number of nitrogens with zero attached hydrogens (tertiary/aromatic N) is 1. The SMILES string of the molecule is CCCCCCCCCCCCCCCCC=C[N+](Cc1ccccc1)(CC(C)O)CC(C)O.[Cl-]. The molecule has 0 heterocycles. The molecule has 2 unspecified atom stereocenters. The van der Waals surface area contributed by atoms with Crippen molar-refractivity contribution in [1.82, 2.24) is 0 Å². The van der Waals surface area contributed by atoms with Crippen LogP contribution < -0.4 is 12.4 Å². The Morgan fingerprint density at radius 2 is 1.11 bits per heavy atom. The Morgan fingerprint density at radius 1 is 0.686 bits per heavy atom. The third-order valence-electron chi connectivity index (χ3n) is 6.74. The van der Waals surface area contributed by atoms with E-state index in [0.717, 1.165) is 13.0 Å². The molecule has 204 valence electrons. The lowest BCUT2D eigenvalue weighted by Gasteiger charge is -2.37. The molecule has 1 rings (SSSR count). The van der Waals surface area contributed by atoms with Crippen LogP contribution in [0.4, 0.5) is 0 Å². The summed E-state index contributed by atoms with van der Waals surface area (Å²) in [6.45, 7) is 8.02. The largest absolute Gasteiger partial charge is 1.00 e. The van der Waals surface area contributed by atoms with Crippen molar-refractivity contribution in [1.29, 1.82) is 0 Å². The smallest absolute Gasteiger partial charge is 0.109 e. The van der Waals surface area contributed by atoms with Crippen LogP contribution in [0, 0.1) is 0 Å². The molecule has 0 saturated carbocycles. The summed E-state index contributed by atoms with van der Waals surface area (Å²) in [6.07, 6.45) is 24.2. The minimum atomic E-state index is -0.409. The topological polar surface area (TPSA) is 40.5 Å². The number of rotatable bonds is 22. The second kappa shape index (κ2) is 22.3. The maximum absolute atomic E-state index is 10.2. The molecule has 1 aromatic rings. The molecule has 35 heavy (non-hydrogen) atoms. The van der Waals surface area contributed by atoms with Gasteiger partial charge in [0.2, 0.25) is 0 Å².